The van der Waals surface area contributed by atoms with Gasteiger partial charge in [-0.15, -0.1) is 0 Å². The summed E-state index contributed by atoms with van der Waals surface area (Å²) >= 11 is 0. The summed E-state index contributed by atoms with van der Waals surface area (Å²) in [5, 5.41) is 29.3. The first kappa shape index (κ1) is 36.0. The molecule has 7 nitrogen and oxygen atoms in total. The Balaban J connectivity index is -0.0000000252. The second kappa shape index (κ2) is 45.3. The molecule has 0 saturated heterocycles. The summed E-state index contributed by atoms with van der Waals surface area (Å²) < 4.78 is 27.2. The number of rotatable bonds is 0. The standard InChI is InChI=1S/4C2H3N.CH4O3S.Cu/c4*1-2-3;1-5(2,3)4;/h4*1H3;1H3,(H,2,3,4);/q;;;;;+1/p-1. The van der Waals surface area contributed by atoms with E-state index in [2.05, 4.69) is 0 Å². The van der Waals surface area contributed by atoms with E-state index in [1.165, 1.54) is 27.7 Å². The van der Waals surface area contributed by atoms with E-state index in [9.17, 15) is 0 Å². The van der Waals surface area contributed by atoms with E-state index in [0.29, 0.717) is 6.26 Å². The summed E-state index contributed by atoms with van der Waals surface area (Å²) in [6.45, 7) is 5.72. The summed E-state index contributed by atoms with van der Waals surface area (Å²) in [6, 6.07) is 7.00. The molecule has 0 saturated carbocycles. The van der Waals surface area contributed by atoms with Gasteiger partial charge in [0.1, 0.15) is 0 Å². The topological polar surface area (TPSA) is 152 Å². The zero-order valence-corrected chi connectivity index (χ0v) is 12.5. The molecule has 0 aromatic carbocycles. The van der Waals surface area contributed by atoms with Gasteiger partial charge in [0.05, 0.1) is 34.4 Å². The predicted molar refractivity (Wildman–Crippen MR) is 60.8 cm³/mol. The van der Waals surface area contributed by atoms with Crippen molar-refractivity contribution in [2.45, 2.75) is 27.7 Å². The Morgan fingerprint density at radius 2 is 0.778 bits per heavy atom. The van der Waals surface area contributed by atoms with Gasteiger partial charge in [-0.1, -0.05) is 0 Å². The van der Waals surface area contributed by atoms with Crippen molar-refractivity contribution >= 4 is 10.1 Å². The molecule has 9 heteroatoms. The SMILES string of the molecule is CC#N.CC#N.CC#N.CC#N.CS(=O)(=O)[O-].[Cu+]. The maximum Gasteiger partial charge on any atom is 1.00 e. The van der Waals surface area contributed by atoms with Crippen molar-refractivity contribution in [3.63, 3.8) is 0 Å². The summed E-state index contributed by atoms with van der Waals surface area (Å²) in [4.78, 5) is 0. The zero-order chi connectivity index (χ0) is 15.3. The van der Waals surface area contributed by atoms with Gasteiger partial charge in [-0.05, 0) is 0 Å². The molecule has 0 N–H and O–H groups in total. The third-order valence-corrected chi connectivity index (χ3v) is 0. The second-order valence-corrected chi connectivity index (χ2v) is 3.01. The van der Waals surface area contributed by atoms with Crippen molar-refractivity contribution in [3.05, 3.63) is 0 Å². The second-order valence-electron chi connectivity index (χ2n) is 1.60. The van der Waals surface area contributed by atoms with Crippen LogP contribution in [-0.2, 0) is 27.2 Å². The Labute approximate surface area is 119 Å². The molecule has 0 spiro atoms. The van der Waals surface area contributed by atoms with Crippen LogP contribution in [0.5, 0.6) is 0 Å². The van der Waals surface area contributed by atoms with Crippen molar-refractivity contribution in [3.8, 4) is 24.3 Å². The molecule has 0 unspecified atom stereocenters. The number of hydrogen-bond donors (Lipinski definition) is 0. The van der Waals surface area contributed by atoms with E-state index in [-0.39, 0.29) is 17.1 Å². The molecule has 0 aliphatic carbocycles. The minimum absolute atomic E-state index is 0. The van der Waals surface area contributed by atoms with Crippen LogP contribution in [-0.4, -0.2) is 19.2 Å². The Morgan fingerprint density at radius 3 is 0.778 bits per heavy atom. The summed E-state index contributed by atoms with van der Waals surface area (Å²) in [5.41, 5.74) is 0. The van der Waals surface area contributed by atoms with Crippen molar-refractivity contribution in [1.82, 2.24) is 0 Å². The molecule has 0 fully saturated rings. The van der Waals surface area contributed by atoms with Crippen molar-refractivity contribution < 1.29 is 30.0 Å². The predicted octanol–water partition coefficient (Wildman–Crippen LogP) is 1.28. The van der Waals surface area contributed by atoms with Crippen LogP contribution >= 0.6 is 0 Å². The first-order chi connectivity index (χ1) is 7.66. The minimum atomic E-state index is -3.92. The third kappa shape index (κ3) is 995. The van der Waals surface area contributed by atoms with Crippen LogP contribution in [0, 0.1) is 45.3 Å². The Bertz CT molecular complexity index is 326. The normalized spacial score (nSPS) is 5.00. The van der Waals surface area contributed by atoms with Crippen LogP contribution in [0.15, 0.2) is 0 Å². The van der Waals surface area contributed by atoms with Crippen LogP contribution < -0.4 is 0 Å². The summed E-state index contributed by atoms with van der Waals surface area (Å²) in [5.74, 6) is 0. The van der Waals surface area contributed by atoms with Crippen LogP contribution in [0.2, 0.25) is 0 Å². The average molecular weight is 323 g/mol. The van der Waals surface area contributed by atoms with Gasteiger partial charge in [0, 0.05) is 34.0 Å². The van der Waals surface area contributed by atoms with Gasteiger partial charge >= 0.3 is 17.1 Å². The van der Waals surface area contributed by atoms with Gasteiger partial charge in [-0.3, -0.25) is 0 Å². The van der Waals surface area contributed by atoms with Crippen LogP contribution in [0.25, 0.3) is 0 Å². The first-order valence-corrected chi connectivity index (χ1v) is 5.62. The minimum Gasteiger partial charge on any atom is -0.748 e. The fourth-order valence-electron chi connectivity index (χ4n) is 0. The maximum absolute atomic E-state index is 9.08. The first-order valence-electron chi connectivity index (χ1n) is 3.80. The van der Waals surface area contributed by atoms with E-state index in [4.69, 9.17) is 34.0 Å². The fraction of sp³-hybridized carbons (Fsp3) is 0.556. The van der Waals surface area contributed by atoms with Crippen LogP contribution in [0.4, 0.5) is 0 Å². The molecular weight excluding hydrogens is 308 g/mol. The van der Waals surface area contributed by atoms with E-state index < -0.39 is 10.1 Å². The van der Waals surface area contributed by atoms with Gasteiger partial charge in [0.25, 0.3) is 0 Å². The Hall–Kier alpha value is -1.61. The number of nitrogens with zero attached hydrogens (tertiary/aromatic N) is 4. The Kier molecular flexibility index (Phi) is 90.4. The molecule has 0 aliphatic rings. The number of nitriles is 4. The Morgan fingerprint density at radius 1 is 0.778 bits per heavy atom. The smallest absolute Gasteiger partial charge is 0.748 e. The quantitative estimate of drug-likeness (QED) is 0.480. The van der Waals surface area contributed by atoms with E-state index in [1.807, 2.05) is 0 Å². The van der Waals surface area contributed by atoms with Gasteiger partial charge in [-0.2, -0.15) is 21.0 Å². The zero-order valence-electron chi connectivity index (χ0n) is 10.7. The molecule has 0 aromatic rings. The van der Waals surface area contributed by atoms with Crippen LogP contribution in [0.1, 0.15) is 27.7 Å². The van der Waals surface area contributed by atoms with E-state index in [0.717, 1.165) is 0 Å². The average Bonchev–Trinajstić information content (AvgIpc) is 2.04. The molecule has 106 valence electrons. The van der Waals surface area contributed by atoms with E-state index >= 15 is 0 Å². The molecule has 0 rings (SSSR count). The molecular formula is C9H15CuN4O3S. The monoisotopic (exact) mass is 322 g/mol. The van der Waals surface area contributed by atoms with E-state index in [1.54, 1.807) is 24.3 Å². The largest absolute Gasteiger partial charge is 1.00 e. The molecule has 0 bridgehead atoms. The van der Waals surface area contributed by atoms with Crippen molar-refractivity contribution in [2.24, 2.45) is 0 Å². The fourth-order valence-corrected chi connectivity index (χ4v) is 0. The molecule has 0 heterocycles. The molecule has 0 amide bonds. The van der Waals surface area contributed by atoms with Crippen LogP contribution in [0.3, 0.4) is 0 Å². The molecule has 0 radical (unpaired) electrons. The maximum atomic E-state index is 9.08. The van der Waals surface area contributed by atoms with Gasteiger partial charge < -0.3 is 4.55 Å². The number of hydrogen-bond acceptors (Lipinski definition) is 7. The molecule has 0 aromatic heterocycles. The van der Waals surface area contributed by atoms with Gasteiger partial charge in [0.2, 0.25) is 0 Å². The molecule has 18 heavy (non-hydrogen) atoms. The van der Waals surface area contributed by atoms with Crippen molar-refractivity contribution in [2.75, 3.05) is 6.26 Å². The van der Waals surface area contributed by atoms with Crippen molar-refractivity contribution in [1.29, 1.82) is 21.0 Å². The van der Waals surface area contributed by atoms with Gasteiger partial charge in [-0.25, -0.2) is 8.42 Å². The van der Waals surface area contributed by atoms with Gasteiger partial charge in [0.15, 0.2) is 0 Å². The third-order valence-electron chi connectivity index (χ3n) is 0. The summed E-state index contributed by atoms with van der Waals surface area (Å²) in [7, 11) is -3.92. The summed E-state index contributed by atoms with van der Waals surface area (Å²) in [6.07, 6.45) is 0.604. The molecule has 0 atom stereocenters. The molecule has 0 aliphatic heterocycles.